The topological polar surface area (TPSA) is 85.6 Å². The molecule has 2 aromatic carbocycles. The molecular formula is C20H15Cl2NO5S. The van der Waals surface area contributed by atoms with Gasteiger partial charge in [-0.2, -0.15) is 0 Å². The number of halogens is 2. The summed E-state index contributed by atoms with van der Waals surface area (Å²) in [5.74, 6) is -1.27. The first kappa shape index (κ1) is 20.0. The summed E-state index contributed by atoms with van der Waals surface area (Å²) >= 11 is 12.2. The van der Waals surface area contributed by atoms with Crippen LogP contribution in [0.4, 0.5) is 0 Å². The van der Waals surface area contributed by atoms with Gasteiger partial charge in [0.1, 0.15) is 11.5 Å². The number of aromatic nitrogens is 1. The van der Waals surface area contributed by atoms with Crippen molar-refractivity contribution in [1.82, 2.24) is 3.97 Å². The van der Waals surface area contributed by atoms with Crippen LogP contribution in [0.3, 0.4) is 0 Å². The molecule has 1 saturated heterocycles. The first-order chi connectivity index (χ1) is 13.7. The lowest BCUT2D eigenvalue weighted by Gasteiger charge is -2.15. The number of ether oxygens (including phenoxy) is 1. The average molecular weight is 452 g/mol. The fraction of sp³-hybridized carbons (Fsp3) is 0.150. The molecule has 2 unspecified atom stereocenters. The number of aliphatic hydroxyl groups excluding tert-OH is 1. The summed E-state index contributed by atoms with van der Waals surface area (Å²) in [4.78, 5) is 11.6. The van der Waals surface area contributed by atoms with Crippen molar-refractivity contribution >= 4 is 50.1 Å². The van der Waals surface area contributed by atoms with E-state index in [9.17, 15) is 18.3 Å². The molecule has 9 heteroatoms. The minimum Gasteiger partial charge on any atom is -0.462 e. The van der Waals surface area contributed by atoms with Gasteiger partial charge in [0.2, 0.25) is 0 Å². The van der Waals surface area contributed by atoms with E-state index in [0.717, 1.165) is 3.97 Å². The molecule has 0 aliphatic carbocycles. The molecule has 0 radical (unpaired) electrons. The minimum absolute atomic E-state index is 0.0384. The molecule has 0 amide bonds. The molecule has 1 aliphatic rings. The van der Waals surface area contributed by atoms with Crippen LogP contribution in [-0.2, 0) is 19.6 Å². The normalized spacial score (nSPS) is 18.2. The van der Waals surface area contributed by atoms with Gasteiger partial charge in [-0.05, 0) is 30.3 Å². The first-order valence-corrected chi connectivity index (χ1v) is 10.8. The smallest absolute Gasteiger partial charge is 0.333 e. The number of aliphatic hydroxyl groups is 1. The molecule has 29 heavy (non-hydrogen) atoms. The van der Waals surface area contributed by atoms with Crippen molar-refractivity contribution in [1.29, 1.82) is 0 Å². The predicted octanol–water partition coefficient (Wildman–Crippen LogP) is 3.95. The van der Waals surface area contributed by atoms with Crippen LogP contribution in [0.15, 0.2) is 65.7 Å². The van der Waals surface area contributed by atoms with Crippen molar-refractivity contribution in [2.24, 2.45) is 5.92 Å². The molecular weight excluding hydrogens is 437 g/mol. The van der Waals surface area contributed by atoms with E-state index in [1.54, 1.807) is 30.3 Å². The Kier molecular flexibility index (Phi) is 4.94. The molecule has 1 aromatic heterocycles. The summed E-state index contributed by atoms with van der Waals surface area (Å²) < 4.78 is 32.6. The third-order valence-electron chi connectivity index (χ3n) is 4.94. The van der Waals surface area contributed by atoms with Crippen molar-refractivity contribution in [3.05, 3.63) is 76.4 Å². The molecule has 0 bridgehead atoms. The maximum absolute atomic E-state index is 13.3. The second-order valence-corrected chi connectivity index (χ2v) is 9.28. The molecule has 1 N–H and O–H groups in total. The molecule has 0 saturated carbocycles. The van der Waals surface area contributed by atoms with E-state index in [2.05, 4.69) is 6.58 Å². The van der Waals surface area contributed by atoms with Crippen molar-refractivity contribution in [3.63, 3.8) is 0 Å². The highest BCUT2D eigenvalue weighted by Crippen LogP contribution is 2.39. The summed E-state index contributed by atoms with van der Waals surface area (Å²) in [5.41, 5.74) is 0.746. The monoisotopic (exact) mass is 451 g/mol. The zero-order valence-corrected chi connectivity index (χ0v) is 17.2. The second kappa shape index (κ2) is 7.18. The number of cyclic esters (lactones) is 1. The SMILES string of the molecule is C=C1C(=O)OCC1C(O)c1cn(S(=O)(=O)c2ccccc2Cl)c2ccc(Cl)cc12. The van der Waals surface area contributed by atoms with Crippen molar-refractivity contribution in [2.45, 2.75) is 11.0 Å². The van der Waals surface area contributed by atoms with Gasteiger partial charge < -0.3 is 9.84 Å². The van der Waals surface area contributed by atoms with E-state index in [0.29, 0.717) is 21.5 Å². The van der Waals surface area contributed by atoms with E-state index >= 15 is 0 Å². The Labute approximate surface area is 177 Å². The molecule has 2 atom stereocenters. The quantitative estimate of drug-likeness (QED) is 0.479. The highest BCUT2D eigenvalue weighted by atomic mass is 35.5. The van der Waals surface area contributed by atoms with Crippen LogP contribution < -0.4 is 0 Å². The van der Waals surface area contributed by atoms with Crippen LogP contribution in [0.25, 0.3) is 10.9 Å². The zero-order chi connectivity index (χ0) is 20.9. The maximum Gasteiger partial charge on any atom is 0.333 e. The number of esters is 1. The second-order valence-electron chi connectivity index (χ2n) is 6.65. The van der Waals surface area contributed by atoms with Crippen LogP contribution in [0, 0.1) is 5.92 Å². The van der Waals surface area contributed by atoms with E-state index in [4.69, 9.17) is 27.9 Å². The molecule has 2 heterocycles. The Hall–Kier alpha value is -2.32. The Morgan fingerprint density at radius 3 is 2.59 bits per heavy atom. The number of carbonyl (C=O) groups is 1. The predicted molar refractivity (Wildman–Crippen MR) is 110 cm³/mol. The summed E-state index contributed by atoms with van der Waals surface area (Å²) in [5, 5.41) is 11.8. The molecule has 4 rings (SSSR count). The summed E-state index contributed by atoms with van der Waals surface area (Å²) in [6, 6.07) is 10.8. The van der Waals surface area contributed by atoms with Crippen LogP contribution in [0.2, 0.25) is 10.0 Å². The highest BCUT2D eigenvalue weighted by molar-refractivity contribution is 7.90. The number of hydrogen-bond acceptors (Lipinski definition) is 5. The number of fused-ring (bicyclic) bond motifs is 1. The van der Waals surface area contributed by atoms with Gasteiger partial charge in [-0.3, -0.25) is 0 Å². The number of hydrogen-bond donors (Lipinski definition) is 1. The Morgan fingerprint density at radius 2 is 1.93 bits per heavy atom. The summed E-state index contributed by atoms with van der Waals surface area (Å²) in [6.07, 6.45) is 0.109. The molecule has 1 fully saturated rings. The molecule has 0 spiro atoms. The van der Waals surface area contributed by atoms with Crippen LogP contribution in [-0.4, -0.2) is 30.1 Å². The van der Waals surface area contributed by atoms with Gasteiger partial charge in [0.25, 0.3) is 10.0 Å². The lowest BCUT2D eigenvalue weighted by atomic mass is 9.92. The van der Waals surface area contributed by atoms with E-state index in [-0.39, 0.29) is 22.1 Å². The first-order valence-electron chi connectivity index (χ1n) is 8.56. The van der Waals surface area contributed by atoms with Crippen LogP contribution in [0.1, 0.15) is 11.7 Å². The summed E-state index contributed by atoms with van der Waals surface area (Å²) in [6.45, 7) is 3.63. The van der Waals surface area contributed by atoms with Crippen LogP contribution >= 0.6 is 23.2 Å². The van der Waals surface area contributed by atoms with Gasteiger partial charge in [-0.1, -0.05) is 41.9 Å². The van der Waals surface area contributed by atoms with Gasteiger partial charge in [-0.25, -0.2) is 17.2 Å². The van der Waals surface area contributed by atoms with Gasteiger partial charge in [0.15, 0.2) is 0 Å². The number of carbonyl (C=O) groups excluding carboxylic acids is 1. The molecule has 150 valence electrons. The fourth-order valence-electron chi connectivity index (χ4n) is 3.40. The molecule has 1 aliphatic heterocycles. The van der Waals surface area contributed by atoms with E-state index < -0.39 is 28.0 Å². The number of rotatable bonds is 4. The van der Waals surface area contributed by atoms with Gasteiger partial charge >= 0.3 is 5.97 Å². The number of nitrogens with zero attached hydrogens (tertiary/aromatic N) is 1. The third kappa shape index (κ3) is 3.24. The zero-order valence-electron chi connectivity index (χ0n) is 14.9. The lowest BCUT2D eigenvalue weighted by molar-refractivity contribution is -0.135. The third-order valence-corrected chi connectivity index (χ3v) is 7.35. The van der Waals surface area contributed by atoms with Crippen molar-refractivity contribution in [2.75, 3.05) is 6.61 Å². The van der Waals surface area contributed by atoms with Crippen LogP contribution in [0.5, 0.6) is 0 Å². The van der Waals surface area contributed by atoms with Gasteiger partial charge in [0, 0.05) is 27.7 Å². The van der Waals surface area contributed by atoms with Crippen molar-refractivity contribution < 1.29 is 23.1 Å². The average Bonchev–Trinajstić information content (AvgIpc) is 3.22. The molecule has 6 nitrogen and oxygen atoms in total. The largest absolute Gasteiger partial charge is 0.462 e. The van der Waals surface area contributed by atoms with Gasteiger partial charge in [0.05, 0.1) is 22.6 Å². The van der Waals surface area contributed by atoms with Gasteiger partial charge in [-0.15, -0.1) is 0 Å². The fourth-order valence-corrected chi connectivity index (χ4v) is 5.45. The summed E-state index contributed by atoms with van der Waals surface area (Å²) in [7, 11) is -4.06. The molecule has 3 aromatic rings. The van der Waals surface area contributed by atoms with Crippen molar-refractivity contribution in [3.8, 4) is 0 Å². The Morgan fingerprint density at radius 1 is 1.21 bits per heavy atom. The standard InChI is InChI=1S/C20H15Cl2NO5S/c1-11-15(10-28-20(11)25)19(24)14-9-23(17-7-6-12(21)8-13(14)17)29(26,27)18-5-3-2-4-16(18)22/h2-9,15,19,24H,1,10H2. The van der Waals surface area contributed by atoms with E-state index in [1.807, 2.05) is 0 Å². The maximum atomic E-state index is 13.3. The highest BCUT2D eigenvalue weighted by Gasteiger charge is 2.37. The van der Waals surface area contributed by atoms with E-state index in [1.165, 1.54) is 18.3 Å². The number of benzene rings is 2. The Balaban J connectivity index is 1.93. The minimum atomic E-state index is -4.06. The lowest BCUT2D eigenvalue weighted by Crippen LogP contribution is -2.15. The Bertz CT molecular complexity index is 1270.